The summed E-state index contributed by atoms with van der Waals surface area (Å²) in [6, 6.07) is -1.01. The highest BCUT2D eigenvalue weighted by Crippen LogP contribution is 2.41. The number of anilines is 1. The molecule has 0 bridgehead atoms. The molecule has 0 spiro atoms. The zero-order valence-corrected chi connectivity index (χ0v) is 17.5. The summed E-state index contributed by atoms with van der Waals surface area (Å²) in [4.78, 5) is 53.8. The second-order valence-electron chi connectivity index (χ2n) is 6.46. The van der Waals surface area contributed by atoms with Crippen LogP contribution in [0.25, 0.3) is 0 Å². The van der Waals surface area contributed by atoms with Crippen LogP contribution in [-0.2, 0) is 23.9 Å². The highest BCUT2D eigenvalue weighted by atomic mass is 32.2. The molecular formula is C17H19N5O7S2. The van der Waals surface area contributed by atoms with Crippen molar-refractivity contribution in [3.8, 4) is 0 Å². The zero-order valence-electron chi connectivity index (χ0n) is 15.9. The predicted octanol–water partition coefficient (Wildman–Crippen LogP) is -1.45. The Bertz CT molecular complexity index is 978. The summed E-state index contributed by atoms with van der Waals surface area (Å²) < 4.78 is 4.93. The van der Waals surface area contributed by atoms with E-state index in [1.54, 1.807) is 0 Å². The van der Waals surface area contributed by atoms with Crippen molar-refractivity contribution in [2.75, 3.05) is 18.0 Å². The molecule has 0 saturated carbocycles. The van der Waals surface area contributed by atoms with Crippen LogP contribution in [0.5, 0.6) is 0 Å². The Kier molecular flexibility index (Phi) is 6.64. The van der Waals surface area contributed by atoms with Gasteiger partial charge in [-0.3, -0.25) is 14.5 Å². The summed E-state index contributed by atoms with van der Waals surface area (Å²) in [6.07, 6.45) is -1.83. The fourth-order valence-electron chi connectivity index (χ4n) is 2.97. The Morgan fingerprint density at radius 2 is 2.19 bits per heavy atom. The number of nitrogens with zero attached hydrogens (tertiary/aromatic N) is 2. The Morgan fingerprint density at radius 3 is 2.74 bits per heavy atom. The van der Waals surface area contributed by atoms with E-state index in [1.165, 1.54) is 23.2 Å². The quantitative estimate of drug-likeness (QED) is 0.220. The summed E-state index contributed by atoms with van der Waals surface area (Å²) in [7, 11) is 0. The third kappa shape index (κ3) is 4.27. The van der Waals surface area contributed by atoms with Gasteiger partial charge in [0.1, 0.15) is 17.1 Å². The highest BCUT2D eigenvalue weighted by Gasteiger charge is 2.54. The van der Waals surface area contributed by atoms with Crippen LogP contribution >= 0.6 is 23.1 Å². The Balaban J connectivity index is 1.75. The summed E-state index contributed by atoms with van der Waals surface area (Å²) in [5, 5.41) is 22.6. The molecule has 3 heterocycles. The number of aromatic nitrogens is 1. The molecule has 0 aliphatic carbocycles. The second kappa shape index (κ2) is 9.05. The van der Waals surface area contributed by atoms with Gasteiger partial charge in [-0.1, -0.05) is 12.7 Å². The Morgan fingerprint density at radius 1 is 1.48 bits per heavy atom. The van der Waals surface area contributed by atoms with E-state index in [-0.39, 0.29) is 22.3 Å². The maximum atomic E-state index is 12.7. The number of aliphatic hydroxyl groups is 1. The highest BCUT2D eigenvalue weighted by molar-refractivity contribution is 8.00. The van der Waals surface area contributed by atoms with Crippen LogP contribution in [0.15, 0.2) is 29.3 Å². The number of aliphatic hydroxyl groups excluding tert-OH is 1. The van der Waals surface area contributed by atoms with Gasteiger partial charge < -0.3 is 31.7 Å². The van der Waals surface area contributed by atoms with Crippen LogP contribution < -0.4 is 16.8 Å². The van der Waals surface area contributed by atoms with E-state index in [4.69, 9.17) is 21.3 Å². The molecule has 2 aliphatic heterocycles. The maximum Gasteiger partial charge on any atom is 0.356 e. The first-order valence-electron chi connectivity index (χ1n) is 8.83. The molecule has 7 N–H and O–H groups in total. The van der Waals surface area contributed by atoms with Crippen molar-refractivity contribution in [3.05, 3.63) is 35.0 Å². The average molecular weight is 470 g/mol. The van der Waals surface area contributed by atoms with Gasteiger partial charge >= 0.3 is 11.9 Å². The third-order valence-electron chi connectivity index (χ3n) is 4.54. The number of rotatable bonds is 8. The van der Waals surface area contributed by atoms with E-state index in [2.05, 4.69) is 16.9 Å². The van der Waals surface area contributed by atoms with Crippen LogP contribution in [0, 0.1) is 0 Å². The molecule has 1 aromatic heterocycles. The lowest BCUT2D eigenvalue weighted by Gasteiger charge is -2.49. The molecule has 0 aromatic carbocycles. The molecule has 166 valence electrons. The Hall–Kier alpha value is -2.94. The number of aliphatic carboxylic acids is 1. The number of nitrogens with one attached hydrogen (secondary N) is 1. The topological polar surface area (TPSA) is 198 Å². The van der Waals surface area contributed by atoms with Crippen LogP contribution in [-0.4, -0.2) is 73.7 Å². The number of fused-ring (bicyclic) bond motifs is 1. The minimum Gasteiger partial charge on any atom is -0.478 e. The molecule has 3 rings (SSSR count). The molecule has 14 heteroatoms. The van der Waals surface area contributed by atoms with Gasteiger partial charge in [-0.15, -0.1) is 23.1 Å². The molecule has 31 heavy (non-hydrogen) atoms. The number of amides is 2. The number of carboxylic acid groups (broad SMARTS) is 1. The van der Waals surface area contributed by atoms with E-state index in [0.717, 1.165) is 16.2 Å². The number of β-lactam (4-membered cyclic amide) rings is 1. The fraction of sp³-hybridized carbons (Fsp3) is 0.353. The van der Waals surface area contributed by atoms with E-state index < -0.39 is 53.9 Å². The number of carbonyl (C=O) groups excluding carboxylic acids is 3. The van der Waals surface area contributed by atoms with Gasteiger partial charge in [0.15, 0.2) is 11.2 Å². The number of esters is 1. The summed E-state index contributed by atoms with van der Waals surface area (Å²) in [6.45, 7) is 3.17. The number of allylic oxidation sites excluding steroid dienone is 1. The van der Waals surface area contributed by atoms with Crippen LogP contribution in [0.2, 0.25) is 0 Å². The van der Waals surface area contributed by atoms with Gasteiger partial charge in [0.2, 0.25) is 6.10 Å². The number of nitrogen functional groups attached to an aromatic ring is 1. The molecule has 4 atom stereocenters. The molecule has 1 fully saturated rings. The molecule has 2 aliphatic rings. The van der Waals surface area contributed by atoms with Crippen molar-refractivity contribution in [2.45, 2.75) is 23.6 Å². The molecule has 0 radical (unpaired) electrons. The largest absolute Gasteiger partial charge is 0.478 e. The smallest absolute Gasteiger partial charge is 0.356 e. The molecule has 1 aromatic rings. The lowest BCUT2D eigenvalue weighted by molar-refractivity contribution is -0.164. The minimum atomic E-state index is -1.62. The van der Waals surface area contributed by atoms with Crippen molar-refractivity contribution < 1.29 is 34.1 Å². The van der Waals surface area contributed by atoms with E-state index >= 15 is 0 Å². The third-order valence-corrected chi connectivity index (χ3v) is 6.54. The van der Waals surface area contributed by atoms with Gasteiger partial charge in [-0.05, 0) is 5.57 Å². The van der Waals surface area contributed by atoms with Gasteiger partial charge in [-0.25, -0.2) is 14.6 Å². The monoisotopic (exact) mass is 469 g/mol. The maximum absolute atomic E-state index is 12.7. The number of hydrogen-bond acceptors (Lipinski definition) is 11. The number of carboxylic acids is 1. The van der Waals surface area contributed by atoms with Gasteiger partial charge in [0.05, 0.1) is 5.69 Å². The molecule has 12 nitrogen and oxygen atoms in total. The number of ether oxygens (including phenoxy) is 1. The summed E-state index contributed by atoms with van der Waals surface area (Å²) in [5.41, 5.74) is 11.1. The number of carbonyl (C=O) groups is 4. The molecule has 3 unspecified atom stereocenters. The Labute approximate surface area is 183 Å². The lowest BCUT2D eigenvalue weighted by atomic mass is 10.0. The molecule has 2 amide bonds. The normalized spacial score (nSPS) is 22.1. The minimum absolute atomic E-state index is 0.0551. The first-order valence-corrected chi connectivity index (χ1v) is 10.8. The second-order valence-corrected chi connectivity index (χ2v) is 8.45. The van der Waals surface area contributed by atoms with Crippen LogP contribution in [0.3, 0.4) is 0 Å². The van der Waals surface area contributed by atoms with E-state index in [0.29, 0.717) is 5.57 Å². The lowest BCUT2D eigenvalue weighted by Crippen LogP contribution is -2.71. The van der Waals surface area contributed by atoms with Crippen molar-refractivity contribution in [1.82, 2.24) is 15.2 Å². The molecule has 1 saturated heterocycles. The van der Waals surface area contributed by atoms with Gasteiger partial charge in [0, 0.05) is 17.7 Å². The van der Waals surface area contributed by atoms with Gasteiger partial charge in [-0.2, -0.15) is 0 Å². The van der Waals surface area contributed by atoms with Crippen molar-refractivity contribution in [1.29, 1.82) is 0 Å². The predicted molar refractivity (Wildman–Crippen MR) is 110 cm³/mol. The van der Waals surface area contributed by atoms with Crippen molar-refractivity contribution in [3.63, 3.8) is 0 Å². The summed E-state index contributed by atoms with van der Waals surface area (Å²) in [5.74, 6) is -3.66. The SMILES string of the molecule is C=CC1=C(C(=O)OC(CN)C(=O)O)N2C(=O)C(NC(=O)C(O)c3csc(N)n3)[C@@H]2SC1. The standard InChI is InChI=1S/C17H19N5O7S2/c1-2-6-4-30-14-9(21-12(24)11(23)7-5-31-17(19)20-7)13(25)22(14)10(6)16(28)29-8(3-18)15(26)27/h2,5,8-9,11,14,23H,1,3-4,18H2,(H2,19,20)(H,21,24)(H,26,27)/t8?,9?,11?,14-/m0/s1. The number of nitrogens with two attached hydrogens (primary N) is 2. The van der Waals surface area contributed by atoms with Crippen molar-refractivity contribution >= 4 is 52.0 Å². The van der Waals surface area contributed by atoms with Crippen LogP contribution in [0.4, 0.5) is 5.13 Å². The number of hydrogen-bond donors (Lipinski definition) is 5. The fourth-order valence-corrected chi connectivity index (χ4v) is 4.89. The van der Waals surface area contributed by atoms with E-state index in [1.807, 2.05) is 0 Å². The average Bonchev–Trinajstić information content (AvgIpc) is 3.19. The number of thiazole rings is 1. The van der Waals surface area contributed by atoms with Gasteiger partial charge in [0.25, 0.3) is 11.8 Å². The zero-order chi connectivity index (χ0) is 22.9. The van der Waals surface area contributed by atoms with Crippen LogP contribution in [0.1, 0.15) is 11.8 Å². The van der Waals surface area contributed by atoms with Crippen molar-refractivity contribution in [2.24, 2.45) is 5.73 Å². The first kappa shape index (κ1) is 22.7. The number of thioether (sulfide) groups is 1. The summed E-state index contributed by atoms with van der Waals surface area (Å²) >= 11 is 2.31. The molecular weight excluding hydrogens is 450 g/mol. The first-order chi connectivity index (χ1) is 14.7. The van der Waals surface area contributed by atoms with E-state index in [9.17, 15) is 24.3 Å².